The van der Waals surface area contributed by atoms with Gasteiger partial charge < -0.3 is 30.3 Å². The number of H-pyrrole nitrogens is 1. The molecule has 0 unspecified atom stereocenters. The van der Waals surface area contributed by atoms with Crippen molar-refractivity contribution in [3.8, 4) is 17.1 Å². The van der Waals surface area contributed by atoms with Gasteiger partial charge in [0, 0.05) is 48.3 Å². The number of carbonyl (C=O) groups excluding carboxylic acids is 1. The van der Waals surface area contributed by atoms with Crippen molar-refractivity contribution < 1.29 is 33.0 Å². The molecule has 10 nitrogen and oxygen atoms in total. The zero-order chi connectivity index (χ0) is 28.2. The highest BCUT2D eigenvalue weighted by molar-refractivity contribution is 5.94. The molecule has 1 aliphatic heterocycles. The fraction of sp³-hybridized carbons (Fsp3) is 0.231. The Morgan fingerprint density at radius 2 is 1.69 bits per heavy atom. The number of piperazine rings is 1. The molecule has 39 heavy (non-hydrogen) atoms. The van der Waals surface area contributed by atoms with Crippen LogP contribution in [0.4, 0.5) is 24.7 Å². The third-order valence-electron chi connectivity index (χ3n) is 5.99. The van der Waals surface area contributed by atoms with E-state index in [0.717, 1.165) is 48.5 Å². The van der Waals surface area contributed by atoms with Gasteiger partial charge in [0.05, 0.1) is 18.1 Å². The number of phenols is 1. The second-order valence-corrected chi connectivity index (χ2v) is 8.81. The fourth-order valence-corrected chi connectivity index (χ4v) is 3.87. The summed E-state index contributed by atoms with van der Waals surface area (Å²) in [5.74, 6) is -1.89. The Balaban J connectivity index is 0.000000448. The zero-order valence-corrected chi connectivity index (χ0v) is 20.7. The van der Waals surface area contributed by atoms with Gasteiger partial charge in [0.2, 0.25) is 0 Å². The van der Waals surface area contributed by atoms with Crippen LogP contribution in [0.25, 0.3) is 22.3 Å². The quantitative estimate of drug-likeness (QED) is 0.303. The molecule has 0 radical (unpaired) electrons. The van der Waals surface area contributed by atoms with E-state index in [0.29, 0.717) is 17.1 Å². The summed E-state index contributed by atoms with van der Waals surface area (Å²) in [6.45, 7) is 3.30. The molecule has 3 heterocycles. The van der Waals surface area contributed by atoms with Crippen molar-refractivity contribution in [2.45, 2.75) is 6.18 Å². The third-order valence-corrected chi connectivity index (χ3v) is 5.99. The van der Waals surface area contributed by atoms with Gasteiger partial charge in [-0.15, -0.1) is 0 Å². The summed E-state index contributed by atoms with van der Waals surface area (Å²) in [7, 11) is 2.07. The average molecular weight is 543 g/mol. The van der Waals surface area contributed by atoms with Crippen LogP contribution < -0.4 is 5.32 Å². The molecule has 1 fully saturated rings. The fourth-order valence-electron chi connectivity index (χ4n) is 3.87. The lowest BCUT2D eigenvalue weighted by atomic mass is 10.1. The number of amides is 1. The smallest absolute Gasteiger partial charge is 0.490 e. The van der Waals surface area contributed by atoms with E-state index in [2.05, 4.69) is 32.2 Å². The molecule has 1 saturated heterocycles. The number of anilines is 2. The number of halogens is 3. The van der Waals surface area contributed by atoms with Gasteiger partial charge in [-0.2, -0.15) is 13.2 Å². The molecule has 0 saturated carbocycles. The minimum Gasteiger partial charge on any atom is -0.507 e. The average Bonchev–Trinajstić information content (AvgIpc) is 3.35. The molecule has 0 atom stereocenters. The number of nitrogens with one attached hydrogen (secondary N) is 2. The first-order valence-electron chi connectivity index (χ1n) is 11.8. The Kier molecular flexibility index (Phi) is 8.00. The molecule has 204 valence electrons. The number of aromatic nitrogens is 3. The van der Waals surface area contributed by atoms with Crippen LogP contribution in [0.5, 0.6) is 5.75 Å². The van der Waals surface area contributed by atoms with Crippen molar-refractivity contribution >= 4 is 34.3 Å². The summed E-state index contributed by atoms with van der Waals surface area (Å²) in [5, 5.41) is 21.1. The molecule has 2 aromatic heterocycles. The first-order chi connectivity index (χ1) is 18.5. The van der Waals surface area contributed by atoms with Crippen LogP contribution in [0.2, 0.25) is 0 Å². The zero-order valence-electron chi connectivity index (χ0n) is 20.7. The number of hydrogen-bond acceptors (Lipinski definition) is 7. The van der Waals surface area contributed by atoms with Gasteiger partial charge in [-0.1, -0.05) is 6.07 Å². The molecule has 5 rings (SSSR count). The number of aromatic hydroxyl groups is 1. The standard InChI is InChI=1S/C24H24N6O2.C2HF3O2/c1-29-9-11-30(12-10-29)24(32)16-5-7-17(8-6-16)26-23-15-25-14-21(28-23)20-13-18-19(27-20)3-2-4-22(18)31;3-2(4,5)1(6)7/h2-8,13-15,27,31H,9-12H2,1H3,(H,26,28);(H,6,7). The number of phenolic OH excluding ortho intramolecular Hbond substituents is 1. The number of alkyl halides is 3. The molecule has 1 aliphatic rings. The minimum absolute atomic E-state index is 0.0634. The van der Waals surface area contributed by atoms with Crippen molar-refractivity contribution in [3.05, 3.63) is 66.5 Å². The number of carboxylic acid groups (broad SMARTS) is 1. The van der Waals surface area contributed by atoms with Crippen molar-refractivity contribution in [3.63, 3.8) is 0 Å². The first kappa shape index (κ1) is 27.4. The summed E-state index contributed by atoms with van der Waals surface area (Å²) in [6, 6.07) is 14.6. The molecule has 1 amide bonds. The molecule has 4 N–H and O–H groups in total. The van der Waals surface area contributed by atoms with Crippen molar-refractivity contribution in [1.29, 1.82) is 0 Å². The summed E-state index contributed by atoms with van der Waals surface area (Å²) in [4.78, 5) is 37.9. The van der Waals surface area contributed by atoms with Crippen LogP contribution in [-0.4, -0.2) is 86.2 Å². The van der Waals surface area contributed by atoms with Gasteiger partial charge in [0.15, 0.2) is 0 Å². The number of aliphatic carboxylic acids is 1. The number of rotatable bonds is 4. The van der Waals surface area contributed by atoms with E-state index < -0.39 is 12.1 Å². The Morgan fingerprint density at radius 1 is 1.03 bits per heavy atom. The maximum atomic E-state index is 12.7. The Hall–Kier alpha value is -4.65. The van der Waals surface area contributed by atoms with E-state index in [1.54, 1.807) is 24.5 Å². The maximum absolute atomic E-state index is 12.7. The van der Waals surface area contributed by atoms with Gasteiger partial charge in [0.1, 0.15) is 17.3 Å². The van der Waals surface area contributed by atoms with E-state index >= 15 is 0 Å². The highest BCUT2D eigenvalue weighted by atomic mass is 19.4. The van der Waals surface area contributed by atoms with Gasteiger partial charge in [-0.25, -0.2) is 9.78 Å². The third kappa shape index (κ3) is 6.82. The largest absolute Gasteiger partial charge is 0.507 e. The van der Waals surface area contributed by atoms with Crippen LogP contribution in [0, 0.1) is 0 Å². The van der Waals surface area contributed by atoms with E-state index in [1.807, 2.05) is 41.3 Å². The minimum atomic E-state index is -5.08. The monoisotopic (exact) mass is 542 g/mol. The number of nitrogens with zero attached hydrogens (tertiary/aromatic N) is 4. The summed E-state index contributed by atoms with van der Waals surface area (Å²) in [6.07, 6.45) is -1.77. The number of likely N-dealkylation sites (N-methyl/N-ethyl adjacent to an activating group) is 1. The van der Waals surface area contributed by atoms with Crippen molar-refractivity contribution in [2.75, 3.05) is 38.5 Å². The predicted molar refractivity (Wildman–Crippen MR) is 138 cm³/mol. The lowest BCUT2D eigenvalue weighted by molar-refractivity contribution is -0.192. The van der Waals surface area contributed by atoms with Crippen LogP contribution in [-0.2, 0) is 4.79 Å². The van der Waals surface area contributed by atoms with E-state index in [-0.39, 0.29) is 11.7 Å². The molecular formula is C26H25F3N6O4. The highest BCUT2D eigenvalue weighted by Crippen LogP contribution is 2.29. The molecule has 4 aromatic rings. The first-order valence-corrected chi connectivity index (χ1v) is 11.8. The molecular weight excluding hydrogens is 517 g/mol. The number of hydrogen-bond donors (Lipinski definition) is 4. The summed E-state index contributed by atoms with van der Waals surface area (Å²) in [5.41, 5.74) is 3.76. The molecule has 13 heteroatoms. The number of fused-ring (bicyclic) bond motifs is 1. The molecule has 0 aliphatic carbocycles. The van der Waals surface area contributed by atoms with Gasteiger partial charge in [-0.05, 0) is 49.5 Å². The van der Waals surface area contributed by atoms with Gasteiger partial charge in [0.25, 0.3) is 5.91 Å². The number of aromatic amines is 1. The second kappa shape index (κ2) is 11.4. The van der Waals surface area contributed by atoms with Gasteiger partial charge in [-0.3, -0.25) is 9.78 Å². The highest BCUT2D eigenvalue weighted by Gasteiger charge is 2.38. The lowest BCUT2D eigenvalue weighted by Gasteiger charge is -2.32. The van der Waals surface area contributed by atoms with Crippen LogP contribution >= 0.6 is 0 Å². The van der Waals surface area contributed by atoms with Crippen molar-refractivity contribution in [2.24, 2.45) is 0 Å². The van der Waals surface area contributed by atoms with E-state index in [4.69, 9.17) is 9.90 Å². The predicted octanol–water partition coefficient (Wildman–Crippen LogP) is 4.10. The Morgan fingerprint density at radius 3 is 2.31 bits per heavy atom. The molecule has 0 bridgehead atoms. The Bertz CT molecular complexity index is 1460. The normalized spacial score (nSPS) is 14.0. The maximum Gasteiger partial charge on any atom is 0.490 e. The van der Waals surface area contributed by atoms with E-state index in [9.17, 15) is 23.1 Å². The summed E-state index contributed by atoms with van der Waals surface area (Å²) >= 11 is 0. The number of carbonyl (C=O) groups is 2. The Labute approximate surface area is 220 Å². The SMILES string of the molecule is CN1CCN(C(=O)c2ccc(Nc3cncc(-c4cc5c(O)cccc5[nH]4)n3)cc2)CC1.O=C(O)C(F)(F)F. The van der Waals surface area contributed by atoms with Crippen molar-refractivity contribution in [1.82, 2.24) is 24.8 Å². The van der Waals surface area contributed by atoms with Crippen LogP contribution in [0.1, 0.15) is 10.4 Å². The van der Waals surface area contributed by atoms with Gasteiger partial charge >= 0.3 is 12.1 Å². The van der Waals surface area contributed by atoms with Crippen LogP contribution in [0.3, 0.4) is 0 Å². The number of carboxylic acids is 1. The van der Waals surface area contributed by atoms with Crippen LogP contribution in [0.15, 0.2) is 60.9 Å². The second-order valence-electron chi connectivity index (χ2n) is 8.81. The number of benzene rings is 2. The topological polar surface area (TPSA) is 135 Å². The lowest BCUT2D eigenvalue weighted by Crippen LogP contribution is -2.47. The van der Waals surface area contributed by atoms with E-state index in [1.165, 1.54) is 0 Å². The molecule has 0 spiro atoms. The molecule has 2 aromatic carbocycles. The summed E-state index contributed by atoms with van der Waals surface area (Å²) < 4.78 is 31.7.